The number of alkyl halides is 1. The molecule has 0 aliphatic carbocycles. The first-order valence-corrected chi connectivity index (χ1v) is 11.5. The van der Waals surface area contributed by atoms with Crippen LogP contribution in [0.2, 0.25) is 0 Å². The standard InChI is InChI=1S/C21H22F2N4O4S/c1-13(28)24-10-16-11-27(21(29)31-16)15-3-4-17(18(22)8-15)14-2-5-20(25-9-14)26-6-7-32(30)12-19(26)23/h2-5,8-9,16,19H,6-7,10-12H2,1H3,(H,24,28). The van der Waals surface area contributed by atoms with Crippen molar-refractivity contribution in [1.29, 1.82) is 0 Å². The number of carbonyl (C=O) groups excluding carboxylic acids is 2. The number of benzene rings is 1. The number of ether oxygens (including phenoxy) is 1. The summed E-state index contributed by atoms with van der Waals surface area (Å²) < 4.78 is 45.7. The van der Waals surface area contributed by atoms with Gasteiger partial charge in [0.1, 0.15) is 17.7 Å². The summed E-state index contributed by atoms with van der Waals surface area (Å²) in [6.07, 6.45) is -1.04. The van der Waals surface area contributed by atoms with E-state index in [-0.39, 0.29) is 30.3 Å². The van der Waals surface area contributed by atoms with E-state index in [1.807, 2.05) is 0 Å². The number of pyridine rings is 1. The maximum atomic E-state index is 14.9. The molecule has 170 valence electrons. The van der Waals surface area contributed by atoms with Crippen LogP contribution in [0.15, 0.2) is 36.5 Å². The maximum Gasteiger partial charge on any atom is 0.414 e. The number of aromatic nitrogens is 1. The van der Waals surface area contributed by atoms with Crippen LogP contribution in [0.4, 0.5) is 25.1 Å². The van der Waals surface area contributed by atoms with Crippen molar-refractivity contribution in [3.63, 3.8) is 0 Å². The smallest absolute Gasteiger partial charge is 0.414 e. The molecule has 4 rings (SSSR count). The zero-order valence-corrected chi connectivity index (χ0v) is 18.1. The minimum atomic E-state index is -1.37. The molecule has 11 heteroatoms. The largest absolute Gasteiger partial charge is 0.442 e. The van der Waals surface area contributed by atoms with E-state index in [0.717, 1.165) is 0 Å². The number of nitrogens with one attached hydrogen (secondary N) is 1. The number of anilines is 2. The van der Waals surface area contributed by atoms with Crippen LogP contribution >= 0.6 is 0 Å². The van der Waals surface area contributed by atoms with Crippen molar-refractivity contribution in [3.05, 3.63) is 42.3 Å². The Hall–Kier alpha value is -3.08. The van der Waals surface area contributed by atoms with Gasteiger partial charge in [0.15, 0.2) is 6.30 Å². The van der Waals surface area contributed by atoms with Gasteiger partial charge < -0.3 is 15.0 Å². The van der Waals surface area contributed by atoms with E-state index >= 15 is 0 Å². The predicted octanol–water partition coefficient (Wildman–Crippen LogP) is 2.21. The van der Waals surface area contributed by atoms with Gasteiger partial charge in [-0.1, -0.05) is 0 Å². The van der Waals surface area contributed by atoms with Crippen LogP contribution in [0.1, 0.15) is 6.92 Å². The Kier molecular flexibility index (Phi) is 6.35. The van der Waals surface area contributed by atoms with Crippen molar-refractivity contribution in [1.82, 2.24) is 10.3 Å². The second-order valence-corrected chi connectivity index (χ2v) is 9.18. The molecule has 2 aliphatic heterocycles. The highest BCUT2D eigenvalue weighted by atomic mass is 32.2. The van der Waals surface area contributed by atoms with E-state index in [1.54, 1.807) is 18.2 Å². The Morgan fingerprint density at radius 3 is 2.81 bits per heavy atom. The van der Waals surface area contributed by atoms with Gasteiger partial charge in [-0.25, -0.2) is 18.6 Å². The number of rotatable bonds is 5. The van der Waals surface area contributed by atoms with Crippen molar-refractivity contribution < 1.29 is 27.3 Å². The highest BCUT2D eigenvalue weighted by Crippen LogP contribution is 2.30. The molecule has 0 spiro atoms. The molecule has 0 saturated carbocycles. The molecule has 1 aromatic heterocycles. The number of hydrogen-bond acceptors (Lipinski definition) is 6. The molecule has 1 N–H and O–H groups in total. The van der Waals surface area contributed by atoms with Crippen molar-refractivity contribution >= 4 is 34.3 Å². The zero-order valence-electron chi connectivity index (χ0n) is 17.3. The van der Waals surface area contributed by atoms with Crippen LogP contribution in [-0.4, -0.2) is 64.7 Å². The summed E-state index contributed by atoms with van der Waals surface area (Å²) in [4.78, 5) is 30.2. The molecule has 0 bridgehead atoms. The third-order valence-corrected chi connectivity index (χ3v) is 6.58. The molecule has 2 amide bonds. The van der Waals surface area contributed by atoms with E-state index in [2.05, 4.69) is 10.3 Å². The van der Waals surface area contributed by atoms with Crippen LogP contribution in [0.25, 0.3) is 11.1 Å². The lowest BCUT2D eigenvalue weighted by Crippen LogP contribution is -2.44. The van der Waals surface area contributed by atoms with E-state index in [9.17, 15) is 22.6 Å². The van der Waals surface area contributed by atoms with Crippen LogP contribution < -0.4 is 15.1 Å². The lowest BCUT2D eigenvalue weighted by molar-refractivity contribution is -0.119. The average Bonchev–Trinajstić information content (AvgIpc) is 3.13. The van der Waals surface area contributed by atoms with Gasteiger partial charge in [0.2, 0.25) is 5.91 Å². The molecule has 3 unspecified atom stereocenters. The minimum Gasteiger partial charge on any atom is -0.442 e. The van der Waals surface area contributed by atoms with Gasteiger partial charge in [-0.15, -0.1) is 0 Å². The summed E-state index contributed by atoms with van der Waals surface area (Å²) in [5, 5.41) is 2.59. The quantitative estimate of drug-likeness (QED) is 0.683. The normalized spacial score (nSPS) is 23.2. The third kappa shape index (κ3) is 4.72. The van der Waals surface area contributed by atoms with Crippen LogP contribution in [-0.2, 0) is 20.3 Å². The molecule has 2 aromatic rings. The van der Waals surface area contributed by atoms with Crippen molar-refractivity contribution in [2.24, 2.45) is 0 Å². The second kappa shape index (κ2) is 9.19. The lowest BCUT2D eigenvalue weighted by Gasteiger charge is -2.30. The Morgan fingerprint density at radius 2 is 2.16 bits per heavy atom. The van der Waals surface area contributed by atoms with Gasteiger partial charge >= 0.3 is 6.09 Å². The summed E-state index contributed by atoms with van der Waals surface area (Å²) >= 11 is 0. The first kappa shape index (κ1) is 22.1. The SMILES string of the molecule is CC(=O)NCC1CN(c2ccc(-c3ccc(N4CCS(=O)CC4F)nc3)c(F)c2)C(=O)O1. The number of halogens is 2. The van der Waals surface area contributed by atoms with Crippen molar-refractivity contribution in [2.45, 2.75) is 19.3 Å². The van der Waals surface area contributed by atoms with Crippen LogP contribution in [0, 0.1) is 5.82 Å². The van der Waals surface area contributed by atoms with Gasteiger partial charge in [-0.3, -0.25) is 13.9 Å². The highest BCUT2D eigenvalue weighted by molar-refractivity contribution is 7.85. The Balaban J connectivity index is 1.47. The van der Waals surface area contributed by atoms with E-state index in [1.165, 1.54) is 35.1 Å². The Labute approximate surface area is 186 Å². The monoisotopic (exact) mass is 464 g/mol. The molecule has 8 nitrogen and oxygen atoms in total. The number of carbonyl (C=O) groups is 2. The first-order chi connectivity index (χ1) is 15.3. The average molecular weight is 464 g/mol. The second-order valence-electron chi connectivity index (χ2n) is 7.56. The molecular formula is C21H22F2N4O4S. The molecule has 32 heavy (non-hydrogen) atoms. The molecule has 3 atom stereocenters. The summed E-state index contributed by atoms with van der Waals surface area (Å²) in [6.45, 7) is 2.05. The maximum absolute atomic E-state index is 14.9. The summed E-state index contributed by atoms with van der Waals surface area (Å²) in [7, 11) is -1.16. The molecule has 0 radical (unpaired) electrons. The number of amides is 2. The molecule has 2 fully saturated rings. The van der Waals surface area contributed by atoms with Gasteiger partial charge in [0.05, 0.1) is 24.5 Å². The van der Waals surface area contributed by atoms with Gasteiger partial charge in [0.25, 0.3) is 0 Å². The van der Waals surface area contributed by atoms with Crippen molar-refractivity contribution in [2.75, 3.05) is 40.9 Å². The zero-order chi connectivity index (χ0) is 22.8. The Bertz CT molecular complexity index is 1050. The van der Waals surface area contributed by atoms with Crippen LogP contribution in [0.3, 0.4) is 0 Å². The van der Waals surface area contributed by atoms with Gasteiger partial charge in [-0.2, -0.15) is 0 Å². The Morgan fingerprint density at radius 1 is 1.34 bits per heavy atom. The topological polar surface area (TPSA) is 91.8 Å². The minimum absolute atomic E-state index is 0.0515. The summed E-state index contributed by atoms with van der Waals surface area (Å²) in [6, 6.07) is 7.63. The van der Waals surface area contributed by atoms with E-state index in [0.29, 0.717) is 29.4 Å². The fourth-order valence-electron chi connectivity index (χ4n) is 3.64. The molecule has 1 aromatic carbocycles. The van der Waals surface area contributed by atoms with Crippen LogP contribution in [0.5, 0.6) is 0 Å². The lowest BCUT2D eigenvalue weighted by atomic mass is 10.1. The summed E-state index contributed by atoms with van der Waals surface area (Å²) in [5.41, 5.74) is 1.13. The predicted molar refractivity (Wildman–Crippen MR) is 116 cm³/mol. The first-order valence-electron chi connectivity index (χ1n) is 10.1. The number of hydrogen-bond donors (Lipinski definition) is 1. The van der Waals surface area contributed by atoms with Gasteiger partial charge in [0, 0.05) is 47.3 Å². The molecule has 2 aliphatic rings. The highest BCUT2D eigenvalue weighted by Gasteiger charge is 2.33. The third-order valence-electron chi connectivity index (χ3n) is 5.29. The van der Waals surface area contributed by atoms with E-state index < -0.39 is 35.1 Å². The van der Waals surface area contributed by atoms with E-state index in [4.69, 9.17) is 4.74 Å². The fraction of sp³-hybridized carbons (Fsp3) is 0.381. The van der Waals surface area contributed by atoms with Gasteiger partial charge in [-0.05, 0) is 30.3 Å². The molecular weight excluding hydrogens is 442 g/mol. The number of nitrogens with zero attached hydrogens (tertiary/aromatic N) is 3. The van der Waals surface area contributed by atoms with Crippen molar-refractivity contribution in [3.8, 4) is 11.1 Å². The molecule has 3 heterocycles. The summed E-state index contributed by atoms with van der Waals surface area (Å²) in [5.74, 6) is -0.0481. The fourth-order valence-corrected chi connectivity index (χ4v) is 4.70. The molecule has 2 saturated heterocycles. The number of cyclic esters (lactones) is 1.